The van der Waals surface area contributed by atoms with Gasteiger partial charge in [0.05, 0.1) is 11.0 Å². The quantitative estimate of drug-likeness (QED) is 0.173. The van der Waals surface area contributed by atoms with Gasteiger partial charge in [-0.05, 0) is 119 Å². The van der Waals surface area contributed by atoms with E-state index in [1.807, 2.05) is 6.08 Å². The second-order valence-corrected chi connectivity index (χ2v) is 13.0. The third-order valence-corrected chi connectivity index (χ3v) is 10.2. The molecule has 2 heteroatoms. The summed E-state index contributed by atoms with van der Waals surface area (Å²) in [6.07, 6.45) is 8.67. The topological polar surface area (TPSA) is 9.86 Å². The van der Waals surface area contributed by atoms with Crippen molar-refractivity contribution in [1.29, 1.82) is 0 Å². The molecule has 6 aromatic carbocycles. The van der Waals surface area contributed by atoms with E-state index in [0.717, 1.165) is 12.8 Å². The highest BCUT2D eigenvalue weighted by Gasteiger charge is 2.19. The SMILES string of the molecule is C=Cc1c(C)c2c(n1-c1ccc(-c3cccc(-c4cccc(-c5ccc(-n6c7ccccc7c7ccccc76)cc5)c4)c3)cc1)CCC=C2. The Morgan fingerprint density at radius 1 is 0.531 bits per heavy atom. The molecule has 0 radical (unpaired) electrons. The smallest absolute Gasteiger partial charge is 0.0541 e. The molecule has 2 aromatic heterocycles. The number of rotatable bonds is 6. The van der Waals surface area contributed by atoms with E-state index >= 15 is 0 Å². The summed E-state index contributed by atoms with van der Waals surface area (Å²) in [6, 6.07) is 53.1. The molecule has 9 rings (SSSR count). The van der Waals surface area contributed by atoms with Crippen molar-refractivity contribution in [3.05, 3.63) is 181 Å². The molecule has 2 nitrogen and oxygen atoms in total. The van der Waals surface area contributed by atoms with E-state index in [2.05, 4.69) is 180 Å². The van der Waals surface area contributed by atoms with Crippen LogP contribution in [-0.2, 0) is 6.42 Å². The van der Waals surface area contributed by atoms with Gasteiger partial charge in [-0.3, -0.25) is 0 Å². The molecule has 0 bridgehead atoms. The standard InChI is InChI=1S/C47H36N2/c1-3-44-32(2)41-16-4-7-19-45(41)48(44)39-26-22-33(23-27-39)35-12-10-14-37(30-35)38-15-11-13-36(31-38)34-24-28-40(29-25-34)49-46-20-8-5-17-42(46)43-18-6-9-21-47(43)49/h3-6,8-18,20-31H,1,7,19H2,2H3. The summed E-state index contributed by atoms with van der Waals surface area (Å²) in [5.41, 5.74) is 17.3. The number of allylic oxidation sites excluding steroid dienone is 1. The predicted molar refractivity (Wildman–Crippen MR) is 209 cm³/mol. The zero-order valence-electron chi connectivity index (χ0n) is 27.6. The summed E-state index contributed by atoms with van der Waals surface area (Å²) in [7, 11) is 0. The van der Waals surface area contributed by atoms with Crippen molar-refractivity contribution in [1.82, 2.24) is 9.13 Å². The minimum absolute atomic E-state index is 1.05. The zero-order valence-corrected chi connectivity index (χ0v) is 27.6. The second-order valence-electron chi connectivity index (χ2n) is 13.0. The Bertz CT molecular complexity index is 2500. The molecule has 0 fully saturated rings. The number of hydrogen-bond acceptors (Lipinski definition) is 0. The van der Waals surface area contributed by atoms with Crippen molar-refractivity contribution in [2.24, 2.45) is 0 Å². The van der Waals surface area contributed by atoms with Crippen LogP contribution < -0.4 is 0 Å². The molecule has 0 N–H and O–H groups in total. The van der Waals surface area contributed by atoms with Gasteiger partial charge in [0, 0.05) is 33.5 Å². The van der Waals surface area contributed by atoms with E-state index in [1.54, 1.807) is 0 Å². The molecule has 0 atom stereocenters. The van der Waals surface area contributed by atoms with Gasteiger partial charge in [-0.1, -0.05) is 116 Å². The predicted octanol–water partition coefficient (Wildman–Crippen LogP) is 12.5. The van der Waals surface area contributed by atoms with Gasteiger partial charge in [0.1, 0.15) is 0 Å². The third kappa shape index (κ3) is 4.88. The Balaban J connectivity index is 1.01. The van der Waals surface area contributed by atoms with Gasteiger partial charge < -0.3 is 9.13 Å². The molecule has 0 spiro atoms. The molecule has 0 unspecified atom stereocenters. The van der Waals surface area contributed by atoms with E-state index in [1.165, 1.54) is 89.1 Å². The fourth-order valence-electron chi connectivity index (χ4n) is 7.78. The minimum atomic E-state index is 1.05. The summed E-state index contributed by atoms with van der Waals surface area (Å²) in [6.45, 7) is 6.35. The lowest BCUT2D eigenvalue weighted by molar-refractivity contribution is 0.870. The number of aromatic nitrogens is 2. The minimum Gasteiger partial charge on any atom is -0.313 e. The van der Waals surface area contributed by atoms with Crippen molar-refractivity contribution in [2.45, 2.75) is 19.8 Å². The first-order valence-electron chi connectivity index (χ1n) is 17.1. The van der Waals surface area contributed by atoms with E-state index in [-0.39, 0.29) is 0 Å². The molecule has 0 amide bonds. The maximum Gasteiger partial charge on any atom is 0.0541 e. The van der Waals surface area contributed by atoms with E-state index < -0.39 is 0 Å². The number of benzene rings is 6. The summed E-state index contributed by atoms with van der Waals surface area (Å²) >= 11 is 0. The Morgan fingerprint density at radius 3 is 1.55 bits per heavy atom. The summed E-state index contributed by atoms with van der Waals surface area (Å²) in [4.78, 5) is 0. The molecule has 1 aliphatic rings. The Hall–Kier alpha value is -6.12. The molecule has 234 valence electrons. The summed E-state index contributed by atoms with van der Waals surface area (Å²) < 4.78 is 4.76. The lowest BCUT2D eigenvalue weighted by Crippen LogP contribution is -2.04. The van der Waals surface area contributed by atoms with E-state index in [0.29, 0.717) is 0 Å². The van der Waals surface area contributed by atoms with Crippen LogP contribution in [0.1, 0.15) is 28.9 Å². The van der Waals surface area contributed by atoms with Crippen molar-refractivity contribution in [3.63, 3.8) is 0 Å². The maximum atomic E-state index is 4.14. The molecule has 1 aliphatic carbocycles. The number of hydrogen-bond donors (Lipinski definition) is 0. The molecular weight excluding hydrogens is 593 g/mol. The Labute approximate surface area is 287 Å². The lowest BCUT2D eigenvalue weighted by atomic mass is 9.96. The van der Waals surface area contributed by atoms with Crippen LogP contribution in [0.5, 0.6) is 0 Å². The molecule has 0 aliphatic heterocycles. The van der Waals surface area contributed by atoms with E-state index in [9.17, 15) is 0 Å². The highest BCUT2D eigenvalue weighted by Crippen LogP contribution is 2.35. The fourth-order valence-corrected chi connectivity index (χ4v) is 7.78. The second kappa shape index (κ2) is 11.8. The van der Waals surface area contributed by atoms with Crippen LogP contribution in [0.3, 0.4) is 0 Å². The largest absolute Gasteiger partial charge is 0.313 e. The Kier molecular flexibility index (Phi) is 7.02. The molecule has 0 saturated carbocycles. The van der Waals surface area contributed by atoms with Gasteiger partial charge in [0.25, 0.3) is 0 Å². The number of fused-ring (bicyclic) bond motifs is 4. The average Bonchev–Trinajstić information content (AvgIpc) is 3.66. The van der Waals surface area contributed by atoms with Crippen molar-refractivity contribution < 1.29 is 0 Å². The van der Waals surface area contributed by atoms with Gasteiger partial charge in [-0.2, -0.15) is 0 Å². The van der Waals surface area contributed by atoms with E-state index in [4.69, 9.17) is 0 Å². The molecule has 0 saturated heterocycles. The first kappa shape index (κ1) is 29.1. The summed E-state index contributed by atoms with van der Waals surface area (Å²) in [5.74, 6) is 0. The van der Waals surface area contributed by atoms with Gasteiger partial charge in [0.2, 0.25) is 0 Å². The van der Waals surface area contributed by atoms with Gasteiger partial charge in [0.15, 0.2) is 0 Å². The van der Waals surface area contributed by atoms with Crippen LogP contribution in [0.15, 0.2) is 158 Å². The normalized spacial score (nSPS) is 12.4. The van der Waals surface area contributed by atoms with Gasteiger partial charge in [-0.25, -0.2) is 0 Å². The van der Waals surface area contributed by atoms with Crippen LogP contribution in [-0.4, -0.2) is 9.13 Å². The van der Waals surface area contributed by atoms with Crippen LogP contribution in [0.4, 0.5) is 0 Å². The zero-order chi connectivity index (χ0) is 32.9. The van der Waals surface area contributed by atoms with Crippen LogP contribution in [0.25, 0.3) is 78.7 Å². The van der Waals surface area contributed by atoms with Crippen LogP contribution in [0, 0.1) is 6.92 Å². The fraction of sp³-hybridized carbons (Fsp3) is 0.0638. The lowest BCUT2D eigenvalue weighted by Gasteiger charge is -2.15. The highest BCUT2D eigenvalue weighted by molar-refractivity contribution is 6.09. The highest BCUT2D eigenvalue weighted by atomic mass is 15.0. The Morgan fingerprint density at radius 2 is 1.02 bits per heavy atom. The van der Waals surface area contributed by atoms with Crippen molar-refractivity contribution in [2.75, 3.05) is 0 Å². The number of nitrogens with zero attached hydrogens (tertiary/aromatic N) is 2. The maximum absolute atomic E-state index is 4.14. The van der Waals surface area contributed by atoms with Gasteiger partial charge >= 0.3 is 0 Å². The monoisotopic (exact) mass is 628 g/mol. The first-order valence-corrected chi connectivity index (χ1v) is 17.1. The number of para-hydroxylation sites is 2. The van der Waals surface area contributed by atoms with Crippen LogP contribution >= 0.6 is 0 Å². The molecule has 49 heavy (non-hydrogen) atoms. The molecule has 2 heterocycles. The van der Waals surface area contributed by atoms with Gasteiger partial charge in [-0.15, -0.1) is 0 Å². The van der Waals surface area contributed by atoms with Crippen LogP contribution in [0.2, 0.25) is 0 Å². The van der Waals surface area contributed by atoms with Crippen molar-refractivity contribution in [3.8, 4) is 44.8 Å². The third-order valence-electron chi connectivity index (χ3n) is 10.2. The average molecular weight is 629 g/mol. The van der Waals surface area contributed by atoms with Crippen molar-refractivity contribution >= 4 is 34.0 Å². The molecular formula is C47H36N2. The first-order chi connectivity index (χ1) is 24.2. The molecule has 8 aromatic rings. The summed E-state index contributed by atoms with van der Waals surface area (Å²) in [5, 5.41) is 2.56.